The van der Waals surface area contributed by atoms with Crippen LogP contribution in [0.4, 0.5) is 0 Å². The molecule has 0 unspecified atom stereocenters. The quantitative estimate of drug-likeness (QED) is 0.499. The van der Waals surface area contributed by atoms with Gasteiger partial charge < -0.3 is 29.0 Å². The molecule has 2 aliphatic rings. The van der Waals surface area contributed by atoms with Crippen LogP contribution in [0.15, 0.2) is 64.3 Å². The van der Waals surface area contributed by atoms with Crippen LogP contribution in [0.3, 0.4) is 0 Å². The number of aromatic hydroxyl groups is 1. The summed E-state index contributed by atoms with van der Waals surface area (Å²) in [6.45, 7) is 3.56. The highest BCUT2D eigenvalue weighted by Gasteiger charge is 2.44. The van der Waals surface area contributed by atoms with Crippen LogP contribution in [0.5, 0.6) is 11.5 Å². The number of morpholine rings is 1. The van der Waals surface area contributed by atoms with E-state index in [1.807, 2.05) is 0 Å². The third-order valence-corrected chi connectivity index (χ3v) is 6.45. The Morgan fingerprint density at radius 1 is 1.09 bits per heavy atom. The zero-order valence-corrected chi connectivity index (χ0v) is 19.3. The third kappa shape index (κ3) is 4.24. The highest BCUT2D eigenvalue weighted by Crippen LogP contribution is 2.40. The fourth-order valence-electron chi connectivity index (χ4n) is 4.67. The molecule has 1 saturated heterocycles. The molecule has 9 heteroatoms. The van der Waals surface area contributed by atoms with Crippen LogP contribution in [-0.2, 0) is 9.53 Å². The number of para-hydroxylation sites is 1. The molecule has 1 atom stereocenters. The Morgan fingerprint density at radius 3 is 2.60 bits per heavy atom. The standard InChI is InChI=1S/C26H26N2O7/c1-33-19-7-3-5-17-15-20(35-25(17)19)23(30)21-22(16-4-2-6-18(29)14-16)28(26(32)24(21)31)9-8-27-10-12-34-13-11-27/h2-7,14-15,22,29,31H,8-13H2,1H3/t22-/m1/s1. The van der Waals surface area contributed by atoms with Gasteiger partial charge in [0.15, 0.2) is 22.9 Å². The van der Waals surface area contributed by atoms with Crippen LogP contribution in [0.2, 0.25) is 0 Å². The van der Waals surface area contributed by atoms with Crippen molar-refractivity contribution >= 4 is 22.7 Å². The van der Waals surface area contributed by atoms with Gasteiger partial charge in [0.25, 0.3) is 5.91 Å². The monoisotopic (exact) mass is 478 g/mol. The number of nitrogens with zero attached hydrogens (tertiary/aromatic N) is 2. The Kier molecular flexibility index (Phi) is 6.19. The van der Waals surface area contributed by atoms with Crippen molar-refractivity contribution in [2.75, 3.05) is 46.5 Å². The van der Waals surface area contributed by atoms with E-state index in [1.165, 1.54) is 24.1 Å². The van der Waals surface area contributed by atoms with Crippen molar-refractivity contribution in [3.63, 3.8) is 0 Å². The number of aliphatic hydroxyl groups excluding tert-OH is 1. The minimum absolute atomic E-state index is 0.00487. The van der Waals surface area contributed by atoms with Crippen molar-refractivity contribution in [3.8, 4) is 11.5 Å². The number of Topliss-reactive ketones (excluding diaryl/α,β-unsaturated/α-hetero) is 1. The van der Waals surface area contributed by atoms with Crippen molar-refractivity contribution in [2.24, 2.45) is 0 Å². The van der Waals surface area contributed by atoms with Crippen LogP contribution in [0.25, 0.3) is 11.0 Å². The maximum Gasteiger partial charge on any atom is 0.290 e. The fraction of sp³-hybridized carbons (Fsp3) is 0.308. The van der Waals surface area contributed by atoms with Crippen LogP contribution >= 0.6 is 0 Å². The van der Waals surface area contributed by atoms with Gasteiger partial charge in [-0.3, -0.25) is 14.5 Å². The minimum atomic E-state index is -0.877. The number of ketones is 1. The normalized spacial score (nSPS) is 19.1. The van der Waals surface area contributed by atoms with Gasteiger partial charge in [0.2, 0.25) is 5.78 Å². The second-order valence-corrected chi connectivity index (χ2v) is 8.53. The Morgan fingerprint density at radius 2 is 1.86 bits per heavy atom. The lowest BCUT2D eigenvalue weighted by Gasteiger charge is -2.31. The first kappa shape index (κ1) is 22.9. The molecule has 2 N–H and O–H groups in total. The van der Waals surface area contributed by atoms with Crippen molar-refractivity contribution in [1.82, 2.24) is 9.80 Å². The number of fused-ring (bicyclic) bond motifs is 1. The highest BCUT2D eigenvalue weighted by molar-refractivity contribution is 6.16. The maximum atomic E-state index is 13.7. The molecule has 9 nitrogen and oxygen atoms in total. The number of benzene rings is 2. The molecule has 1 aromatic heterocycles. The van der Waals surface area contributed by atoms with Gasteiger partial charge in [0.1, 0.15) is 5.75 Å². The summed E-state index contributed by atoms with van der Waals surface area (Å²) in [6, 6.07) is 12.3. The highest BCUT2D eigenvalue weighted by atomic mass is 16.5. The number of phenolic OH excluding ortho intramolecular Hbond substituents is 1. The molecule has 0 bridgehead atoms. The van der Waals surface area contributed by atoms with Crippen molar-refractivity contribution in [1.29, 1.82) is 0 Å². The predicted octanol–water partition coefficient (Wildman–Crippen LogP) is 3.06. The van der Waals surface area contributed by atoms with Gasteiger partial charge in [-0.05, 0) is 29.8 Å². The first-order valence-corrected chi connectivity index (χ1v) is 11.4. The van der Waals surface area contributed by atoms with E-state index in [2.05, 4.69) is 4.90 Å². The zero-order valence-electron chi connectivity index (χ0n) is 19.3. The SMILES string of the molecule is COc1cccc2cc(C(=O)C3=C(O)C(=O)N(CCN4CCOCC4)[C@@H]3c3cccc(O)c3)oc12. The van der Waals surface area contributed by atoms with Gasteiger partial charge in [0.05, 0.1) is 31.9 Å². The third-order valence-electron chi connectivity index (χ3n) is 6.45. The molecule has 1 fully saturated rings. The molecule has 2 aromatic carbocycles. The molecular formula is C26H26N2O7. The molecule has 3 heterocycles. The lowest BCUT2D eigenvalue weighted by molar-refractivity contribution is -0.129. The van der Waals surface area contributed by atoms with Crippen LogP contribution in [0.1, 0.15) is 22.2 Å². The number of carbonyl (C=O) groups is 2. The summed E-state index contributed by atoms with van der Waals surface area (Å²) in [5.74, 6) is -1.40. The first-order chi connectivity index (χ1) is 17.0. The average molecular weight is 479 g/mol. The molecular weight excluding hydrogens is 452 g/mol. The van der Waals surface area contributed by atoms with E-state index in [1.54, 1.807) is 36.4 Å². The predicted molar refractivity (Wildman–Crippen MR) is 127 cm³/mol. The Labute approximate surface area is 201 Å². The topological polar surface area (TPSA) is 113 Å². The number of rotatable bonds is 7. The second-order valence-electron chi connectivity index (χ2n) is 8.53. The number of furan rings is 1. The number of phenols is 1. The Bertz CT molecular complexity index is 1310. The number of carbonyl (C=O) groups excluding carboxylic acids is 2. The molecule has 0 spiro atoms. The van der Waals surface area contributed by atoms with Gasteiger partial charge in [-0.2, -0.15) is 0 Å². The van der Waals surface area contributed by atoms with Crippen molar-refractivity contribution in [3.05, 3.63) is 71.2 Å². The smallest absolute Gasteiger partial charge is 0.290 e. The van der Waals surface area contributed by atoms with Gasteiger partial charge >= 0.3 is 0 Å². The van der Waals surface area contributed by atoms with Gasteiger partial charge in [0, 0.05) is 31.6 Å². The summed E-state index contributed by atoms with van der Waals surface area (Å²) in [5.41, 5.74) is 0.836. The largest absolute Gasteiger partial charge is 0.508 e. The molecule has 35 heavy (non-hydrogen) atoms. The second kappa shape index (κ2) is 9.44. The molecule has 0 saturated carbocycles. The van der Waals surface area contributed by atoms with Gasteiger partial charge in [-0.25, -0.2) is 0 Å². The zero-order chi connectivity index (χ0) is 24.5. The number of methoxy groups -OCH3 is 1. The lowest BCUT2D eigenvalue weighted by Crippen LogP contribution is -2.43. The van der Waals surface area contributed by atoms with E-state index in [9.17, 15) is 19.8 Å². The van der Waals surface area contributed by atoms with Crippen molar-refractivity contribution in [2.45, 2.75) is 6.04 Å². The van der Waals surface area contributed by atoms with Crippen LogP contribution in [0, 0.1) is 0 Å². The number of ether oxygens (including phenoxy) is 2. The van der Waals surface area contributed by atoms with Gasteiger partial charge in [-0.1, -0.05) is 24.3 Å². The summed E-state index contributed by atoms with van der Waals surface area (Å²) in [6.07, 6.45) is 0. The lowest BCUT2D eigenvalue weighted by atomic mass is 9.95. The number of amides is 1. The Balaban J connectivity index is 1.52. The van der Waals surface area contributed by atoms with E-state index in [0.717, 1.165) is 13.1 Å². The molecule has 2 aliphatic heterocycles. The minimum Gasteiger partial charge on any atom is -0.508 e. The molecule has 0 aliphatic carbocycles. The average Bonchev–Trinajstić information content (AvgIpc) is 3.42. The molecule has 3 aromatic rings. The molecule has 5 rings (SSSR count). The summed E-state index contributed by atoms with van der Waals surface area (Å²) < 4.78 is 16.5. The van der Waals surface area contributed by atoms with E-state index in [4.69, 9.17) is 13.9 Å². The summed E-state index contributed by atoms with van der Waals surface area (Å²) in [4.78, 5) is 30.5. The van der Waals surface area contributed by atoms with E-state index in [0.29, 0.717) is 42.0 Å². The summed E-state index contributed by atoms with van der Waals surface area (Å²) in [7, 11) is 1.51. The fourth-order valence-corrected chi connectivity index (χ4v) is 4.67. The summed E-state index contributed by atoms with van der Waals surface area (Å²) in [5, 5.41) is 21.6. The van der Waals surface area contributed by atoms with Crippen LogP contribution in [-0.4, -0.2) is 78.2 Å². The van der Waals surface area contributed by atoms with Crippen LogP contribution < -0.4 is 4.74 Å². The molecule has 0 radical (unpaired) electrons. The summed E-state index contributed by atoms with van der Waals surface area (Å²) >= 11 is 0. The van der Waals surface area contributed by atoms with Gasteiger partial charge in [-0.15, -0.1) is 0 Å². The van der Waals surface area contributed by atoms with E-state index >= 15 is 0 Å². The first-order valence-electron chi connectivity index (χ1n) is 11.4. The van der Waals surface area contributed by atoms with E-state index in [-0.39, 0.29) is 23.6 Å². The Hall–Kier alpha value is -3.82. The number of hydrogen-bond acceptors (Lipinski definition) is 8. The molecule has 182 valence electrons. The van der Waals surface area contributed by atoms with E-state index < -0.39 is 23.5 Å². The maximum absolute atomic E-state index is 13.7. The molecule has 1 amide bonds. The van der Waals surface area contributed by atoms with Crippen molar-refractivity contribution < 1.29 is 33.7 Å². The number of aliphatic hydroxyl groups is 1. The number of hydrogen-bond donors (Lipinski definition) is 2.